The second-order valence-corrected chi connectivity index (χ2v) is 10.1. The molecule has 0 aromatic carbocycles. The van der Waals surface area contributed by atoms with Gasteiger partial charge in [-0.3, -0.25) is 0 Å². The molecule has 0 nitrogen and oxygen atoms in total. The predicted molar refractivity (Wildman–Crippen MR) is 140 cm³/mol. The van der Waals surface area contributed by atoms with Crippen molar-refractivity contribution in [2.75, 3.05) is 0 Å². The summed E-state index contributed by atoms with van der Waals surface area (Å²) in [6, 6.07) is 0. The molecule has 0 aliphatic heterocycles. The van der Waals surface area contributed by atoms with Crippen LogP contribution in [0.3, 0.4) is 0 Å². The molecule has 0 bridgehead atoms. The molecule has 0 heterocycles. The molecule has 0 amide bonds. The van der Waals surface area contributed by atoms with Crippen molar-refractivity contribution < 1.29 is 0 Å². The molecule has 0 aliphatic carbocycles. The van der Waals surface area contributed by atoms with Gasteiger partial charge in [-0.15, -0.1) is 0 Å². The average Bonchev–Trinajstić information content (AvgIpc) is 2.75. The highest BCUT2D eigenvalue weighted by Crippen LogP contribution is 2.16. The molecule has 0 saturated heterocycles. The van der Waals surface area contributed by atoms with E-state index in [9.17, 15) is 0 Å². The van der Waals surface area contributed by atoms with Gasteiger partial charge in [0, 0.05) is 0 Å². The van der Waals surface area contributed by atoms with E-state index >= 15 is 0 Å². The second kappa shape index (κ2) is 26.8. The average molecular weight is 421 g/mol. The first-order chi connectivity index (χ1) is 14.8. The molecule has 0 fully saturated rings. The monoisotopic (exact) mass is 420 g/mol. The van der Waals surface area contributed by atoms with Crippen molar-refractivity contribution >= 4 is 0 Å². The van der Waals surface area contributed by atoms with Gasteiger partial charge in [0.2, 0.25) is 0 Å². The Morgan fingerprint density at radius 1 is 0.433 bits per heavy atom. The van der Waals surface area contributed by atoms with E-state index in [4.69, 9.17) is 0 Å². The van der Waals surface area contributed by atoms with Crippen LogP contribution in [0.15, 0.2) is 12.2 Å². The second-order valence-electron chi connectivity index (χ2n) is 10.1. The summed E-state index contributed by atoms with van der Waals surface area (Å²) < 4.78 is 0. The lowest BCUT2D eigenvalue weighted by Gasteiger charge is -2.07. The Balaban J connectivity index is 3.14. The summed E-state index contributed by atoms with van der Waals surface area (Å²) in [5, 5.41) is 0. The van der Waals surface area contributed by atoms with Crippen LogP contribution < -0.4 is 0 Å². The summed E-state index contributed by atoms with van der Waals surface area (Å²) in [7, 11) is 0. The summed E-state index contributed by atoms with van der Waals surface area (Å²) in [5.74, 6) is 0.883. The normalized spacial score (nSPS) is 12.8. The van der Waals surface area contributed by atoms with Gasteiger partial charge >= 0.3 is 0 Å². The molecule has 0 radical (unpaired) electrons. The van der Waals surface area contributed by atoms with E-state index in [-0.39, 0.29) is 0 Å². The van der Waals surface area contributed by atoms with E-state index in [0.29, 0.717) is 0 Å². The molecule has 180 valence electrons. The maximum Gasteiger partial charge on any atom is -0.0325 e. The quantitative estimate of drug-likeness (QED) is 0.102. The smallest absolute Gasteiger partial charge is 0.0325 e. The molecule has 1 atom stereocenters. The van der Waals surface area contributed by atoms with Crippen LogP contribution in [0.25, 0.3) is 0 Å². The van der Waals surface area contributed by atoms with Crippen LogP contribution in [0.5, 0.6) is 0 Å². The van der Waals surface area contributed by atoms with Crippen molar-refractivity contribution in [3.8, 4) is 0 Å². The Labute approximate surface area is 193 Å². The van der Waals surface area contributed by atoms with Crippen molar-refractivity contribution in [2.24, 2.45) is 5.92 Å². The van der Waals surface area contributed by atoms with Crippen molar-refractivity contribution in [3.63, 3.8) is 0 Å². The van der Waals surface area contributed by atoms with Crippen LogP contribution in [0.4, 0.5) is 0 Å². The number of allylic oxidation sites excluding steroid dienone is 2. The Hall–Kier alpha value is -0.260. The minimum Gasteiger partial charge on any atom is -0.0885 e. The molecule has 0 aliphatic rings. The van der Waals surface area contributed by atoms with Crippen LogP contribution >= 0.6 is 0 Å². The Morgan fingerprint density at radius 3 is 1.23 bits per heavy atom. The van der Waals surface area contributed by atoms with E-state index in [2.05, 4.69) is 32.9 Å². The molecule has 0 aromatic heterocycles. The van der Waals surface area contributed by atoms with E-state index in [0.717, 1.165) is 5.92 Å². The third-order valence-electron chi connectivity index (χ3n) is 6.73. The lowest BCUT2D eigenvalue weighted by Crippen LogP contribution is -1.92. The van der Waals surface area contributed by atoms with Crippen molar-refractivity contribution in [1.29, 1.82) is 0 Å². The van der Waals surface area contributed by atoms with Crippen LogP contribution in [0, 0.1) is 5.92 Å². The maximum absolute atomic E-state index is 2.46. The minimum absolute atomic E-state index is 0.883. The molecule has 0 rings (SSSR count). The van der Waals surface area contributed by atoms with Crippen molar-refractivity contribution in [3.05, 3.63) is 12.2 Å². The largest absolute Gasteiger partial charge is 0.0885 e. The highest BCUT2D eigenvalue weighted by atomic mass is 14.0. The molecule has 0 aromatic rings. The maximum atomic E-state index is 2.46. The standard InChI is InChI=1S/C30H60/c1-4-6-8-10-11-12-13-14-15-16-17-18-19-20-21-22-23-24-25-27-29-30(3)28-26-9-7-5-2/h25,27,30H,4-24,26,28-29H2,1-3H3/b27-25+. The fourth-order valence-corrected chi connectivity index (χ4v) is 4.47. The Morgan fingerprint density at radius 2 is 0.800 bits per heavy atom. The third kappa shape index (κ3) is 25.8. The number of unbranched alkanes of at least 4 members (excludes halogenated alkanes) is 20. The fourth-order valence-electron chi connectivity index (χ4n) is 4.47. The fraction of sp³-hybridized carbons (Fsp3) is 0.933. The molecule has 30 heavy (non-hydrogen) atoms. The van der Waals surface area contributed by atoms with E-state index in [1.54, 1.807) is 0 Å². The van der Waals surface area contributed by atoms with Crippen LogP contribution in [0.2, 0.25) is 0 Å². The zero-order valence-corrected chi connectivity index (χ0v) is 21.7. The molecule has 0 N–H and O–H groups in total. The Bertz CT molecular complexity index is 316. The van der Waals surface area contributed by atoms with Crippen LogP contribution in [-0.4, -0.2) is 0 Å². The van der Waals surface area contributed by atoms with E-state index < -0.39 is 0 Å². The predicted octanol–water partition coefficient (Wildman–Crippen LogP) is 11.6. The molecular weight excluding hydrogens is 360 g/mol. The summed E-state index contributed by atoms with van der Waals surface area (Å²) >= 11 is 0. The van der Waals surface area contributed by atoms with Crippen LogP contribution in [0.1, 0.15) is 175 Å². The first-order valence-electron chi connectivity index (χ1n) is 14.5. The van der Waals surface area contributed by atoms with Gasteiger partial charge < -0.3 is 0 Å². The summed E-state index contributed by atoms with van der Waals surface area (Å²) in [5.41, 5.74) is 0. The van der Waals surface area contributed by atoms with Crippen LogP contribution in [-0.2, 0) is 0 Å². The highest BCUT2D eigenvalue weighted by Gasteiger charge is 1.99. The summed E-state index contributed by atoms with van der Waals surface area (Å²) in [6.07, 6.45) is 39.4. The number of hydrogen-bond donors (Lipinski definition) is 0. The molecule has 0 spiro atoms. The SMILES string of the molecule is CCCCCCCCCCCCCCCCCCC/C=C/CC(C)CCCCCC. The molecule has 0 heteroatoms. The van der Waals surface area contributed by atoms with Gasteiger partial charge in [0.25, 0.3) is 0 Å². The van der Waals surface area contributed by atoms with Gasteiger partial charge in [-0.25, -0.2) is 0 Å². The lowest BCUT2D eigenvalue weighted by molar-refractivity contribution is 0.493. The summed E-state index contributed by atoms with van der Waals surface area (Å²) in [4.78, 5) is 0. The van der Waals surface area contributed by atoms with E-state index in [1.165, 1.54) is 154 Å². The summed E-state index contributed by atoms with van der Waals surface area (Å²) in [6.45, 7) is 7.02. The first-order valence-corrected chi connectivity index (χ1v) is 14.5. The van der Waals surface area contributed by atoms with Gasteiger partial charge in [0.15, 0.2) is 0 Å². The van der Waals surface area contributed by atoms with Crippen molar-refractivity contribution in [2.45, 2.75) is 175 Å². The number of rotatable bonds is 25. The first kappa shape index (κ1) is 29.7. The van der Waals surface area contributed by atoms with Gasteiger partial charge in [-0.2, -0.15) is 0 Å². The van der Waals surface area contributed by atoms with Gasteiger partial charge in [0.1, 0.15) is 0 Å². The van der Waals surface area contributed by atoms with Crippen molar-refractivity contribution in [1.82, 2.24) is 0 Å². The van der Waals surface area contributed by atoms with Gasteiger partial charge in [-0.1, -0.05) is 168 Å². The molecule has 1 unspecified atom stereocenters. The third-order valence-corrected chi connectivity index (χ3v) is 6.73. The zero-order chi connectivity index (χ0) is 22.0. The molecular formula is C30H60. The number of hydrogen-bond acceptors (Lipinski definition) is 0. The minimum atomic E-state index is 0.883. The van der Waals surface area contributed by atoms with Gasteiger partial charge in [-0.05, 0) is 25.2 Å². The molecule has 0 saturated carbocycles. The van der Waals surface area contributed by atoms with E-state index in [1.807, 2.05) is 0 Å². The topological polar surface area (TPSA) is 0 Å². The lowest BCUT2D eigenvalue weighted by atomic mass is 9.99. The highest BCUT2D eigenvalue weighted by molar-refractivity contribution is 4.83. The Kier molecular flexibility index (Phi) is 26.5. The zero-order valence-electron chi connectivity index (χ0n) is 21.7. The van der Waals surface area contributed by atoms with Gasteiger partial charge in [0.05, 0.1) is 0 Å².